The molecular weight excluding hydrogens is 306 g/mol. The second kappa shape index (κ2) is 5.78. The van der Waals surface area contributed by atoms with Crippen LogP contribution < -0.4 is 20.8 Å². The third-order valence-corrected chi connectivity index (χ3v) is 4.28. The van der Waals surface area contributed by atoms with Crippen molar-refractivity contribution < 1.29 is 9.47 Å². The molecule has 0 spiro atoms. The van der Waals surface area contributed by atoms with E-state index in [4.69, 9.17) is 15.2 Å². The van der Waals surface area contributed by atoms with Crippen LogP contribution >= 0.6 is 0 Å². The summed E-state index contributed by atoms with van der Waals surface area (Å²) < 4.78 is 12.3. The van der Waals surface area contributed by atoms with Crippen molar-refractivity contribution in [3.8, 4) is 17.6 Å². The number of nitrogens with zero attached hydrogens (tertiary/aromatic N) is 2. The number of methoxy groups -OCH3 is 1. The predicted molar refractivity (Wildman–Crippen MR) is 88.7 cm³/mol. The van der Waals surface area contributed by atoms with Crippen molar-refractivity contribution in [3.63, 3.8) is 0 Å². The lowest BCUT2D eigenvalue weighted by Gasteiger charge is -2.27. The van der Waals surface area contributed by atoms with Gasteiger partial charge in [0.1, 0.15) is 23.1 Å². The van der Waals surface area contributed by atoms with Crippen LogP contribution in [0.1, 0.15) is 22.7 Å². The average molecular weight is 323 g/mol. The van der Waals surface area contributed by atoms with E-state index in [2.05, 4.69) is 6.07 Å². The van der Waals surface area contributed by atoms with Crippen molar-refractivity contribution in [1.29, 1.82) is 5.26 Å². The van der Waals surface area contributed by atoms with Gasteiger partial charge in [-0.05, 0) is 24.6 Å². The van der Waals surface area contributed by atoms with Crippen LogP contribution in [-0.4, -0.2) is 11.7 Å². The number of allylic oxidation sites excluding steroid dienone is 1. The van der Waals surface area contributed by atoms with Gasteiger partial charge in [0.05, 0.1) is 18.6 Å². The Morgan fingerprint density at radius 1 is 1.38 bits per heavy atom. The SMILES string of the molecule is COc1cccc(C2C(C#N)=C(N)Oc3cc(C)n(C)c(=O)c32)c1. The molecule has 0 fully saturated rings. The second-order valence-electron chi connectivity index (χ2n) is 5.63. The largest absolute Gasteiger partial charge is 0.497 e. The summed E-state index contributed by atoms with van der Waals surface area (Å²) in [6, 6.07) is 11.1. The van der Waals surface area contributed by atoms with Crippen LogP contribution in [0.5, 0.6) is 11.5 Å². The number of hydrogen-bond donors (Lipinski definition) is 1. The van der Waals surface area contributed by atoms with Crippen LogP contribution in [0.15, 0.2) is 46.6 Å². The molecule has 1 aromatic carbocycles. The van der Waals surface area contributed by atoms with Crippen molar-refractivity contribution in [2.75, 3.05) is 7.11 Å². The Morgan fingerprint density at radius 2 is 2.12 bits per heavy atom. The Labute approximate surface area is 139 Å². The Balaban J connectivity index is 2.33. The first-order valence-electron chi connectivity index (χ1n) is 7.40. The number of hydrogen-bond acceptors (Lipinski definition) is 5. The molecular formula is C18H17N3O3. The average Bonchev–Trinajstić information content (AvgIpc) is 2.58. The van der Waals surface area contributed by atoms with Crippen LogP contribution in [0, 0.1) is 18.3 Å². The Kier molecular flexibility index (Phi) is 3.78. The van der Waals surface area contributed by atoms with E-state index in [9.17, 15) is 10.1 Å². The lowest BCUT2D eigenvalue weighted by molar-refractivity contribution is 0.388. The number of aryl methyl sites for hydroxylation is 1. The highest BCUT2D eigenvalue weighted by Gasteiger charge is 2.34. The zero-order valence-electron chi connectivity index (χ0n) is 13.7. The van der Waals surface area contributed by atoms with Crippen molar-refractivity contribution in [2.45, 2.75) is 12.8 Å². The fraction of sp³-hybridized carbons (Fsp3) is 0.222. The lowest BCUT2D eigenvalue weighted by atomic mass is 9.84. The van der Waals surface area contributed by atoms with Gasteiger partial charge in [0.15, 0.2) is 0 Å². The maximum Gasteiger partial charge on any atom is 0.258 e. The summed E-state index contributed by atoms with van der Waals surface area (Å²) in [5.41, 5.74) is 7.85. The molecule has 0 aliphatic carbocycles. The third kappa shape index (κ3) is 2.31. The molecule has 24 heavy (non-hydrogen) atoms. The molecule has 0 saturated carbocycles. The Hall–Kier alpha value is -3.20. The number of aromatic nitrogens is 1. The lowest BCUT2D eigenvalue weighted by Crippen LogP contribution is -2.31. The van der Waals surface area contributed by atoms with Gasteiger partial charge in [0.2, 0.25) is 5.88 Å². The number of benzene rings is 1. The summed E-state index contributed by atoms with van der Waals surface area (Å²) in [7, 11) is 3.25. The van der Waals surface area contributed by atoms with Gasteiger partial charge in [-0.25, -0.2) is 0 Å². The Morgan fingerprint density at radius 3 is 2.79 bits per heavy atom. The fourth-order valence-corrected chi connectivity index (χ4v) is 2.89. The zero-order chi connectivity index (χ0) is 17.4. The minimum atomic E-state index is -0.590. The van der Waals surface area contributed by atoms with Crippen molar-refractivity contribution >= 4 is 0 Å². The Bertz CT molecular complexity index is 951. The van der Waals surface area contributed by atoms with E-state index in [-0.39, 0.29) is 17.0 Å². The van der Waals surface area contributed by atoms with Crippen molar-refractivity contribution in [3.05, 3.63) is 69.0 Å². The van der Waals surface area contributed by atoms with Gasteiger partial charge in [-0.3, -0.25) is 4.79 Å². The monoisotopic (exact) mass is 323 g/mol. The van der Waals surface area contributed by atoms with E-state index >= 15 is 0 Å². The molecule has 2 N–H and O–H groups in total. The summed E-state index contributed by atoms with van der Waals surface area (Å²) in [5, 5.41) is 9.55. The van der Waals surface area contributed by atoms with Gasteiger partial charge in [0.25, 0.3) is 5.56 Å². The van der Waals surface area contributed by atoms with E-state index in [0.29, 0.717) is 17.1 Å². The topological polar surface area (TPSA) is 90.3 Å². The van der Waals surface area contributed by atoms with Crippen LogP contribution in [0.2, 0.25) is 0 Å². The van der Waals surface area contributed by atoms with Gasteiger partial charge in [-0.1, -0.05) is 12.1 Å². The highest BCUT2D eigenvalue weighted by Crippen LogP contribution is 2.41. The van der Waals surface area contributed by atoms with Crippen molar-refractivity contribution in [1.82, 2.24) is 4.57 Å². The van der Waals surface area contributed by atoms with Crippen molar-refractivity contribution in [2.24, 2.45) is 12.8 Å². The summed E-state index contributed by atoms with van der Waals surface area (Å²) in [6.07, 6.45) is 0. The van der Waals surface area contributed by atoms with E-state index < -0.39 is 5.92 Å². The molecule has 122 valence electrons. The summed E-state index contributed by atoms with van der Waals surface area (Å²) >= 11 is 0. The van der Waals surface area contributed by atoms with Gasteiger partial charge < -0.3 is 19.8 Å². The molecule has 6 heteroatoms. The molecule has 1 atom stereocenters. The summed E-state index contributed by atoms with van der Waals surface area (Å²) in [5.74, 6) is 0.457. The number of nitrogens with two attached hydrogens (primary N) is 1. The van der Waals surface area contributed by atoms with Crippen LogP contribution in [0.4, 0.5) is 0 Å². The van der Waals surface area contributed by atoms with Gasteiger partial charge >= 0.3 is 0 Å². The molecule has 0 bridgehead atoms. The van der Waals surface area contributed by atoms with Crippen LogP contribution in [-0.2, 0) is 7.05 Å². The number of nitriles is 1. The smallest absolute Gasteiger partial charge is 0.258 e. The molecule has 0 amide bonds. The first kappa shape index (κ1) is 15.7. The molecule has 2 heterocycles. The quantitative estimate of drug-likeness (QED) is 0.912. The fourth-order valence-electron chi connectivity index (χ4n) is 2.89. The van der Waals surface area contributed by atoms with Crippen LogP contribution in [0.3, 0.4) is 0 Å². The van der Waals surface area contributed by atoms with E-state index in [1.165, 1.54) is 4.57 Å². The normalized spacial score (nSPS) is 16.2. The minimum Gasteiger partial charge on any atom is -0.497 e. The second-order valence-corrected chi connectivity index (χ2v) is 5.63. The first-order chi connectivity index (χ1) is 11.5. The maximum atomic E-state index is 12.8. The third-order valence-electron chi connectivity index (χ3n) is 4.28. The maximum absolute atomic E-state index is 12.8. The van der Waals surface area contributed by atoms with Crippen LogP contribution in [0.25, 0.3) is 0 Å². The predicted octanol–water partition coefficient (Wildman–Crippen LogP) is 1.92. The number of rotatable bonds is 2. The molecule has 2 aromatic rings. The van der Waals surface area contributed by atoms with Gasteiger partial charge in [0, 0.05) is 18.8 Å². The molecule has 1 aliphatic heterocycles. The molecule has 1 aliphatic rings. The molecule has 1 unspecified atom stereocenters. The zero-order valence-corrected chi connectivity index (χ0v) is 13.7. The molecule has 0 radical (unpaired) electrons. The number of fused-ring (bicyclic) bond motifs is 1. The molecule has 1 aromatic heterocycles. The molecule has 6 nitrogen and oxygen atoms in total. The van der Waals surface area contributed by atoms with E-state index in [1.54, 1.807) is 32.4 Å². The molecule has 3 rings (SSSR count). The number of pyridine rings is 1. The summed E-state index contributed by atoms with van der Waals surface area (Å²) in [4.78, 5) is 12.8. The molecule has 0 saturated heterocycles. The van der Waals surface area contributed by atoms with Gasteiger partial charge in [-0.2, -0.15) is 5.26 Å². The standard InChI is InChI=1S/C18H17N3O3/c1-10-7-14-16(18(22)21(10)2)15(13(9-19)17(20)24-14)11-5-4-6-12(8-11)23-3/h4-8,15H,20H2,1-3H3. The van der Waals surface area contributed by atoms with E-state index in [1.807, 2.05) is 19.1 Å². The number of ether oxygens (including phenoxy) is 2. The van der Waals surface area contributed by atoms with E-state index in [0.717, 1.165) is 11.3 Å². The van der Waals surface area contributed by atoms with Gasteiger partial charge in [-0.15, -0.1) is 0 Å². The summed E-state index contributed by atoms with van der Waals surface area (Å²) in [6.45, 7) is 1.81. The highest BCUT2D eigenvalue weighted by atomic mass is 16.5. The first-order valence-corrected chi connectivity index (χ1v) is 7.40. The highest BCUT2D eigenvalue weighted by molar-refractivity contribution is 5.55. The minimum absolute atomic E-state index is 0.0190.